The van der Waals surface area contributed by atoms with Gasteiger partial charge in [-0.1, -0.05) is 11.6 Å². The number of H-pyrrole nitrogens is 1. The molecule has 0 aliphatic carbocycles. The number of aromatic amines is 1. The highest BCUT2D eigenvalue weighted by Gasteiger charge is 2.14. The lowest BCUT2D eigenvalue weighted by Gasteiger charge is -2.05. The Hall–Kier alpha value is -2.75. The summed E-state index contributed by atoms with van der Waals surface area (Å²) in [6.45, 7) is 4.02. The first-order chi connectivity index (χ1) is 10.5. The van der Waals surface area contributed by atoms with Gasteiger partial charge in [-0.3, -0.25) is 4.79 Å². The fourth-order valence-corrected chi connectivity index (χ4v) is 2.72. The van der Waals surface area contributed by atoms with Crippen LogP contribution >= 0.6 is 0 Å². The smallest absolute Gasteiger partial charge is 0.153 e. The van der Waals surface area contributed by atoms with Crippen molar-refractivity contribution >= 4 is 28.1 Å². The number of aromatic hydroxyl groups is 2. The van der Waals surface area contributed by atoms with E-state index in [0.29, 0.717) is 12.7 Å². The van der Waals surface area contributed by atoms with Gasteiger partial charge in [-0.05, 0) is 38.5 Å². The fourth-order valence-electron chi connectivity index (χ4n) is 2.72. The molecule has 0 aliphatic rings. The zero-order valence-electron chi connectivity index (χ0n) is 12.5. The van der Waals surface area contributed by atoms with Crippen molar-refractivity contribution in [2.75, 3.05) is 0 Å². The van der Waals surface area contributed by atoms with Gasteiger partial charge < -0.3 is 15.2 Å². The Morgan fingerprint density at radius 3 is 2.59 bits per heavy atom. The van der Waals surface area contributed by atoms with Gasteiger partial charge in [0.1, 0.15) is 11.5 Å². The molecule has 0 saturated heterocycles. The molecule has 0 fully saturated rings. The van der Waals surface area contributed by atoms with Crippen molar-refractivity contribution in [3.8, 4) is 11.5 Å². The average molecular weight is 295 g/mol. The van der Waals surface area contributed by atoms with Crippen LogP contribution in [0.1, 0.15) is 29.8 Å². The third-order valence-electron chi connectivity index (χ3n) is 3.84. The lowest BCUT2D eigenvalue weighted by molar-refractivity contribution is 0.112. The molecule has 0 spiro atoms. The number of phenols is 2. The van der Waals surface area contributed by atoms with Crippen molar-refractivity contribution in [1.29, 1.82) is 0 Å². The van der Waals surface area contributed by atoms with E-state index in [2.05, 4.69) is 4.98 Å². The number of aromatic nitrogens is 1. The Kier molecular flexibility index (Phi) is 3.37. The Morgan fingerprint density at radius 2 is 1.91 bits per heavy atom. The Labute approximate surface area is 127 Å². The quantitative estimate of drug-likeness (QED) is 0.504. The summed E-state index contributed by atoms with van der Waals surface area (Å²) in [5, 5.41) is 21.7. The van der Waals surface area contributed by atoms with Gasteiger partial charge in [0.2, 0.25) is 0 Å². The molecule has 22 heavy (non-hydrogen) atoms. The first-order valence-corrected chi connectivity index (χ1v) is 7.09. The minimum Gasteiger partial charge on any atom is -0.508 e. The zero-order chi connectivity index (χ0) is 15.9. The van der Waals surface area contributed by atoms with Crippen LogP contribution in [0.2, 0.25) is 0 Å². The van der Waals surface area contributed by atoms with Crippen LogP contribution < -0.4 is 0 Å². The van der Waals surface area contributed by atoms with Crippen LogP contribution in [0.3, 0.4) is 0 Å². The molecule has 0 unspecified atom stereocenters. The molecular formula is C18H17NO3. The summed E-state index contributed by atoms with van der Waals surface area (Å²) in [4.78, 5) is 14.3. The van der Waals surface area contributed by atoms with E-state index in [1.165, 1.54) is 5.57 Å². The average Bonchev–Trinajstić information content (AvgIpc) is 2.82. The number of aldehydes is 1. The van der Waals surface area contributed by atoms with Crippen LogP contribution in [-0.2, 0) is 6.42 Å². The number of phenolic OH excluding ortho intramolecular Hbond substituents is 2. The van der Waals surface area contributed by atoms with Gasteiger partial charge in [0, 0.05) is 27.9 Å². The largest absolute Gasteiger partial charge is 0.508 e. The van der Waals surface area contributed by atoms with Gasteiger partial charge in [0.05, 0.1) is 11.1 Å². The van der Waals surface area contributed by atoms with Crippen molar-refractivity contribution in [3.05, 3.63) is 47.0 Å². The fraction of sp³-hybridized carbons (Fsp3) is 0.167. The standard InChI is InChI=1S/C18H17NO3/c1-10(2)3-4-12-16(21)6-5-14-18(12)13-7-11(9-20)17(22)8-15(13)19-14/h3,5-9,19,21-22H,4H2,1-2H3. The molecule has 2 aromatic carbocycles. The van der Waals surface area contributed by atoms with E-state index in [4.69, 9.17) is 0 Å². The molecule has 1 heterocycles. The topological polar surface area (TPSA) is 73.3 Å². The summed E-state index contributed by atoms with van der Waals surface area (Å²) in [6.07, 6.45) is 3.29. The monoisotopic (exact) mass is 295 g/mol. The minimum absolute atomic E-state index is 0.0517. The third-order valence-corrected chi connectivity index (χ3v) is 3.84. The molecule has 1 aromatic heterocycles. The molecule has 0 aliphatic heterocycles. The molecular weight excluding hydrogens is 278 g/mol. The van der Waals surface area contributed by atoms with Crippen LogP contribution in [0, 0.1) is 0 Å². The van der Waals surface area contributed by atoms with Gasteiger partial charge in [-0.2, -0.15) is 0 Å². The predicted octanol–water partition coefficient (Wildman–Crippen LogP) is 4.05. The van der Waals surface area contributed by atoms with Crippen molar-refractivity contribution in [1.82, 2.24) is 4.98 Å². The van der Waals surface area contributed by atoms with E-state index in [9.17, 15) is 15.0 Å². The molecule has 0 saturated carbocycles. The first-order valence-electron chi connectivity index (χ1n) is 7.09. The van der Waals surface area contributed by atoms with E-state index in [1.807, 2.05) is 19.9 Å². The van der Waals surface area contributed by atoms with Crippen LogP contribution in [0.25, 0.3) is 21.8 Å². The summed E-state index contributed by atoms with van der Waals surface area (Å²) in [7, 11) is 0. The highest BCUT2D eigenvalue weighted by atomic mass is 16.3. The Balaban J connectivity index is 2.38. The maximum atomic E-state index is 11.1. The number of hydrogen-bond donors (Lipinski definition) is 3. The second-order valence-electron chi connectivity index (χ2n) is 5.67. The zero-order valence-corrected chi connectivity index (χ0v) is 12.5. The predicted molar refractivity (Wildman–Crippen MR) is 87.7 cm³/mol. The summed E-state index contributed by atoms with van der Waals surface area (Å²) < 4.78 is 0. The summed E-state index contributed by atoms with van der Waals surface area (Å²) in [5.74, 6) is 0.177. The Bertz CT molecular complexity index is 915. The van der Waals surface area contributed by atoms with Crippen LogP contribution in [0.5, 0.6) is 11.5 Å². The van der Waals surface area contributed by atoms with Gasteiger partial charge >= 0.3 is 0 Å². The maximum Gasteiger partial charge on any atom is 0.153 e. The second-order valence-corrected chi connectivity index (χ2v) is 5.67. The molecule has 3 N–H and O–H groups in total. The maximum absolute atomic E-state index is 11.1. The highest BCUT2D eigenvalue weighted by Crippen LogP contribution is 2.36. The number of benzene rings is 2. The van der Waals surface area contributed by atoms with Crippen LogP contribution in [0.15, 0.2) is 35.9 Å². The number of carbonyl (C=O) groups is 1. The van der Waals surface area contributed by atoms with Gasteiger partial charge in [0.25, 0.3) is 0 Å². The van der Waals surface area contributed by atoms with Crippen molar-refractivity contribution in [3.63, 3.8) is 0 Å². The normalized spacial score (nSPS) is 11.0. The van der Waals surface area contributed by atoms with Crippen molar-refractivity contribution in [2.45, 2.75) is 20.3 Å². The van der Waals surface area contributed by atoms with E-state index < -0.39 is 0 Å². The summed E-state index contributed by atoms with van der Waals surface area (Å²) in [6, 6.07) is 6.66. The lowest BCUT2D eigenvalue weighted by atomic mass is 10.0. The van der Waals surface area contributed by atoms with Crippen LogP contribution in [0.4, 0.5) is 0 Å². The van der Waals surface area contributed by atoms with E-state index in [-0.39, 0.29) is 17.1 Å². The van der Waals surface area contributed by atoms with Crippen molar-refractivity contribution < 1.29 is 15.0 Å². The molecule has 112 valence electrons. The molecule has 4 heteroatoms. The van der Waals surface area contributed by atoms with Gasteiger partial charge in [-0.15, -0.1) is 0 Å². The molecule has 0 atom stereocenters. The molecule has 0 bridgehead atoms. The third kappa shape index (κ3) is 2.22. The van der Waals surface area contributed by atoms with Gasteiger partial charge in [-0.25, -0.2) is 0 Å². The highest BCUT2D eigenvalue weighted by molar-refractivity contribution is 6.11. The number of rotatable bonds is 3. The number of hydrogen-bond acceptors (Lipinski definition) is 3. The number of nitrogens with one attached hydrogen (secondary N) is 1. The number of fused-ring (bicyclic) bond motifs is 3. The molecule has 0 amide bonds. The molecule has 3 rings (SSSR count). The minimum atomic E-state index is -0.0517. The van der Waals surface area contributed by atoms with E-state index in [1.54, 1.807) is 24.3 Å². The van der Waals surface area contributed by atoms with Gasteiger partial charge in [0.15, 0.2) is 6.29 Å². The number of carbonyl (C=O) groups excluding carboxylic acids is 1. The Morgan fingerprint density at radius 1 is 1.14 bits per heavy atom. The van der Waals surface area contributed by atoms with Crippen molar-refractivity contribution in [2.24, 2.45) is 0 Å². The van der Waals surface area contributed by atoms with Crippen LogP contribution in [-0.4, -0.2) is 21.5 Å². The summed E-state index contributed by atoms with van der Waals surface area (Å²) in [5.41, 5.74) is 3.83. The SMILES string of the molecule is CC(C)=CCc1c(O)ccc2[nH]c3cc(O)c(C=O)cc3c12. The van der Waals surface area contributed by atoms with E-state index >= 15 is 0 Å². The summed E-state index contributed by atoms with van der Waals surface area (Å²) >= 11 is 0. The molecule has 0 radical (unpaired) electrons. The molecule has 3 aromatic rings. The molecule has 4 nitrogen and oxygen atoms in total. The first kappa shape index (κ1) is 14.2. The van der Waals surface area contributed by atoms with E-state index in [0.717, 1.165) is 27.4 Å². The number of allylic oxidation sites excluding steroid dienone is 2. The second kappa shape index (κ2) is 5.22. The lowest BCUT2D eigenvalue weighted by Crippen LogP contribution is -1.86.